The van der Waals surface area contributed by atoms with E-state index in [2.05, 4.69) is 31.2 Å². The smallest absolute Gasteiger partial charge is 0.119 e. The molecular formula is C18H32O. The number of rotatable bonds is 14. The topological polar surface area (TPSA) is 17.1 Å². The van der Waals surface area contributed by atoms with Gasteiger partial charge in [-0.3, -0.25) is 0 Å². The predicted molar refractivity (Wildman–Crippen MR) is 85.4 cm³/mol. The van der Waals surface area contributed by atoms with Crippen molar-refractivity contribution in [1.29, 1.82) is 0 Å². The summed E-state index contributed by atoms with van der Waals surface area (Å²) in [5.41, 5.74) is 0. The van der Waals surface area contributed by atoms with E-state index in [4.69, 9.17) is 0 Å². The van der Waals surface area contributed by atoms with Crippen LogP contribution in [0.25, 0.3) is 0 Å². The molecule has 1 heteroatoms. The van der Waals surface area contributed by atoms with Gasteiger partial charge in [-0.1, -0.05) is 63.3 Å². The van der Waals surface area contributed by atoms with Crippen LogP contribution >= 0.6 is 0 Å². The van der Waals surface area contributed by atoms with Gasteiger partial charge in [-0.15, -0.1) is 0 Å². The second-order valence-corrected chi connectivity index (χ2v) is 5.19. The molecule has 0 saturated carbocycles. The van der Waals surface area contributed by atoms with Crippen LogP contribution in [0.1, 0.15) is 84.0 Å². The Hall–Kier alpha value is -0.850. The molecule has 0 aliphatic carbocycles. The molecule has 0 rings (SSSR count). The van der Waals surface area contributed by atoms with Gasteiger partial charge in [0.05, 0.1) is 0 Å². The van der Waals surface area contributed by atoms with E-state index in [0.29, 0.717) is 0 Å². The highest BCUT2D eigenvalue weighted by Crippen LogP contribution is 2.07. The fraction of sp³-hybridized carbons (Fsp3) is 0.722. The first-order valence-corrected chi connectivity index (χ1v) is 8.15. The summed E-state index contributed by atoms with van der Waals surface area (Å²) >= 11 is 0. The molecule has 0 atom stereocenters. The largest absolute Gasteiger partial charge is 0.303 e. The average molecular weight is 264 g/mol. The van der Waals surface area contributed by atoms with E-state index in [9.17, 15) is 4.79 Å². The van der Waals surface area contributed by atoms with Crippen LogP contribution in [0.3, 0.4) is 0 Å². The lowest BCUT2D eigenvalue weighted by atomic mass is 10.1. The van der Waals surface area contributed by atoms with Gasteiger partial charge in [-0.2, -0.15) is 0 Å². The predicted octanol–water partition coefficient (Wildman–Crippen LogP) is 6.00. The van der Waals surface area contributed by atoms with E-state index in [-0.39, 0.29) is 0 Å². The molecule has 0 unspecified atom stereocenters. The average Bonchev–Trinajstić information content (AvgIpc) is 2.43. The van der Waals surface area contributed by atoms with E-state index >= 15 is 0 Å². The molecule has 0 heterocycles. The monoisotopic (exact) mass is 264 g/mol. The molecule has 0 spiro atoms. The summed E-state index contributed by atoms with van der Waals surface area (Å²) < 4.78 is 0. The molecule has 0 bridgehead atoms. The standard InChI is InChI=1S/C18H32O/c1-2-3-4-5-6-7-8-9-10-11-12-13-14-15-16-17-18-19/h6-7,9-10,18H,2-5,8,11-17H2,1H3/b7-6+,10-9+. The van der Waals surface area contributed by atoms with E-state index in [1.807, 2.05) is 0 Å². The third-order valence-electron chi connectivity index (χ3n) is 3.27. The van der Waals surface area contributed by atoms with Gasteiger partial charge < -0.3 is 4.79 Å². The van der Waals surface area contributed by atoms with Gasteiger partial charge in [0, 0.05) is 6.42 Å². The fourth-order valence-electron chi connectivity index (χ4n) is 2.04. The minimum absolute atomic E-state index is 0.741. The number of carbonyl (C=O) groups is 1. The highest BCUT2D eigenvalue weighted by molar-refractivity contribution is 5.48. The normalized spacial score (nSPS) is 11.6. The molecule has 0 aliphatic heterocycles. The zero-order valence-electron chi connectivity index (χ0n) is 12.8. The molecule has 19 heavy (non-hydrogen) atoms. The van der Waals surface area contributed by atoms with Crippen molar-refractivity contribution in [3.05, 3.63) is 24.3 Å². The van der Waals surface area contributed by atoms with Crippen molar-refractivity contribution in [2.45, 2.75) is 84.0 Å². The molecule has 0 radical (unpaired) electrons. The number of unbranched alkanes of at least 4 members (excludes halogenated alkanes) is 9. The van der Waals surface area contributed by atoms with Gasteiger partial charge in [-0.05, 0) is 38.5 Å². The fourth-order valence-corrected chi connectivity index (χ4v) is 2.04. The molecule has 0 amide bonds. The van der Waals surface area contributed by atoms with Gasteiger partial charge in [-0.25, -0.2) is 0 Å². The van der Waals surface area contributed by atoms with Crippen molar-refractivity contribution in [1.82, 2.24) is 0 Å². The summed E-state index contributed by atoms with van der Waals surface area (Å²) in [4.78, 5) is 10.1. The van der Waals surface area contributed by atoms with Crippen molar-refractivity contribution < 1.29 is 4.79 Å². The van der Waals surface area contributed by atoms with Crippen molar-refractivity contribution in [3.63, 3.8) is 0 Å². The summed E-state index contributed by atoms with van der Waals surface area (Å²) in [5, 5.41) is 0. The highest BCUT2D eigenvalue weighted by Gasteiger charge is 1.89. The number of hydrogen-bond donors (Lipinski definition) is 0. The second-order valence-electron chi connectivity index (χ2n) is 5.19. The maximum atomic E-state index is 10.1. The third kappa shape index (κ3) is 17.1. The lowest BCUT2D eigenvalue weighted by molar-refractivity contribution is -0.107. The Balaban J connectivity index is 3.14. The van der Waals surface area contributed by atoms with Gasteiger partial charge in [0.2, 0.25) is 0 Å². The number of hydrogen-bond acceptors (Lipinski definition) is 1. The maximum absolute atomic E-state index is 10.1. The first-order valence-electron chi connectivity index (χ1n) is 8.15. The van der Waals surface area contributed by atoms with Crippen LogP contribution in [0, 0.1) is 0 Å². The number of carbonyl (C=O) groups excluding carboxylic acids is 1. The summed E-state index contributed by atoms with van der Waals surface area (Å²) in [6.07, 6.45) is 24.6. The molecule has 0 aromatic heterocycles. The maximum Gasteiger partial charge on any atom is 0.119 e. The molecular weight excluding hydrogens is 232 g/mol. The zero-order valence-corrected chi connectivity index (χ0v) is 12.8. The molecule has 1 nitrogen and oxygen atoms in total. The Kier molecular flexibility index (Phi) is 16.4. The summed E-state index contributed by atoms with van der Waals surface area (Å²) in [6, 6.07) is 0. The SMILES string of the molecule is CCCCC/C=C/C/C=C/CCCCCCCC=O. The first-order chi connectivity index (χ1) is 9.41. The molecule has 0 saturated heterocycles. The molecule has 0 aromatic rings. The molecule has 110 valence electrons. The van der Waals surface area contributed by atoms with Crippen LogP contribution in [-0.2, 0) is 4.79 Å². The summed E-state index contributed by atoms with van der Waals surface area (Å²) in [6.45, 7) is 2.24. The zero-order chi connectivity index (χ0) is 14.0. The Morgan fingerprint density at radius 2 is 1.16 bits per heavy atom. The van der Waals surface area contributed by atoms with Gasteiger partial charge in [0.15, 0.2) is 0 Å². The Labute approximate surface area is 120 Å². The summed E-state index contributed by atoms with van der Waals surface area (Å²) in [7, 11) is 0. The Morgan fingerprint density at radius 3 is 1.74 bits per heavy atom. The lowest BCUT2D eigenvalue weighted by Gasteiger charge is -1.97. The highest BCUT2D eigenvalue weighted by atomic mass is 16.1. The van der Waals surface area contributed by atoms with E-state index < -0.39 is 0 Å². The van der Waals surface area contributed by atoms with Crippen LogP contribution < -0.4 is 0 Å². The third-order valence-corrected chi connectivity index (χ3v) is 3.27. The van der Waals surface area contributed by atoms with Crippen LogP contribution in [0.5, 0.6) is 0 Å². The molecule has 0 aliphatic rings. The lowest BCUT2D eigenvalue weighted by Crippen LogP contribution is -1.80. The first kappa shape index (κ1) is 18.1. The summed E-state index contributed by atoms with van der Waals surface area (Å²) in [5.74, 6) is 0. The second kappa shape index (κ2) is 17.2. The van der Waals surface area contributed by atoms with E-state index in [1.165, 1.54) is 57.8 Å². The van der Waals surface area contributed by atoms with Crippen LogP contribution in [0.4, 0.5) is 0 Å². The molecule has 0 aromatic carbocycles. The van der Waals surface area contributed by atoms with Gasteiger partial charge in [0.25, 0.3) is 0 Å². The van der Waals surface area contributed by atoms with Crippen molar-refractivity contribution in [2.24, 2.45) is 0 Å². The Bertz CT molecular complexity index is 228. The van der Waals surface area contributed by atoms with E-state index in [0.717, 1.165) is 25.5 Å². The van der Waals surface area contributed by atoms with E-state index in [1.54, 1.807) is 0 Å². The molecule has 0 fully saturated rings. The number of allylic oxidation sites excluding steroid dienone is 4. The van der Waals surface area contributed by atoms with Crippen LogP contribution in [0.2, 0.25) is 0 Å². The minimum Gasteiger partial charge on any atom is -0.303 e. The van der Waals surface area contributed by atoms with Crippen molar-refractivity contribution in [3.8, 4) is 0 Å². The Morgan fingerprint density at radius 1 is 0.632 bits per heavy atom. The quantitative estimate of drug-likeness (QED) is 0.214. The van der Waals surface area contributed by atoms with Crippen LogP contribution in [0.15, 0.2) is 24.3 Å². The van der Waals surface area contributed by atoms with Crippen molar-refractivity contribution >= 4 is 6.29 Å². The van der Waals surface area contributed by atoms with Crippen molar-refractivity contribution in [2.75, 3.05) is 0 Å². The molecule has 0 N–H and O–H groups in total. The van der Waals surface area contributed by atoms with Gasteiger partial charge >= 0.3 is 0 Å². The van der Waals surface area contributed by atoms with Gasteiger partial charge in [0.1, 0.15) is 6.29 Å². The minimum atomic E-state index is 0.741. The number of aldehydes is 1. The van der Waals surface area contributed by atoms with Crippen LogP contribution in [-0.4, -0.2) is 6.29 Å².